The summed E-state index contributed by atoms with van der Waals surface area (Å²) in [5.74, 6) is 0.773. The Balaban J connectivity index is 0.000000710. The molecule has 1 aliphatic rings. The van der Waals surface area contributed by atoms with E-state index < -0.39 is 6.09 Å². The first-order chi connectivity index (χ1) is 15.1. The van der Waals surface area contributed by atoms with Crippen LogP contribution in [0.4, 0.5) is 10.7 Å². The topological polar surface area (TPSA) is 102 Å². The second-order valence-corrected chi connectivity index (χ2v) is 7.23. The maximum Gasteiger partial charge on any atom is 0.411 e. The van der Waals surface area contributed by atoms with Gasteiger partial charge in [-0.15, -0.1) is 5.10 Å². The van der Waals surface area contributed by atoms with Gasteiger partial charge in [-0.1, -0.05) is 31.4 Å². The summed E-state index contributed by atoms with van der Waals surface area (Å²) >= 11 is 0. The summed E-state index contributed by atoms with van der Waals surface area (Å²) in [5, 5.41) is 15.2. The quantitative estimate of drug-likeness (QED) is 0.477. The molecule has 0 saturated heterocycles. The Kier molecular flexibility index (Phi) is 6.07. The summed E-state index contributed by atoms with van der Waals surface area (Å²) in [6, 6.07) is 17.0. The zero-order chi connectivity index (χ0) is 21.6. The molecule has 1 amide bonds. The summed E-state index contributed by atoms with van der Waals surface area (Å²) in [4.78, 5) is 19.2. The van der Waals surface area contributed by atoms with E-state index in [0.717, 1.165) is 28.3 Å². The van der Waals surface area contributed by atoms with Gasteiger partial charge in [0.1, 0.15) is 12.4 Å². The van der Waals surface area contributed by atoms with E-state index in [1.807, 2.05) is 55.5 Å². The molecule has 1 aromatic carbocycles. The number of hydrogen-bond donors (Lipinski definition) is 2. The van der Waals surface area contributed by atoms with E-state index in [0.29, 0.717) is 12.3 Å². The van der Waals surface area contributed by atoms with Gasteiger partial charge >= 0.3 is 6.09 Å². The molecule has 31 heavy (non-hydrogen) atoms. The highest BCUT2D eigenvalue weighted by Crippen LogP contribution is 2.24. The number of carboxylic acid groups (broad SMARTS) is 1. The van der Waals surface area contributed by atoms with Crippen molar-refractivity contribution in [2.75, 3.05) is 5.32 Å². The first-order valence-corrected chi connectivity index (χ1v) is 10.1. The Morgan fingerprint density at radius 1 is 1.10 bits per heavy atom. The van der Waals surface area contributed by atoms with Gasteiger partial charge in [-0.2, -0.15) is 4.98 Å². The molecule has 0 atom stereocenters. The van der Waals surface area contributed by atoms with Gasteiger partial charge in [0.25, 0.3) is 5.95 Å². The minimum absolute atomic E-state index is 0.0339. The highest BCUT2D eigenvalue weighted by Gasteiger charge is 2.10. The number of aromatic nitrogens is 4. The molecular weight excluding hydrogens is 394 g/mol. The van der Waals surface area contributed by atoms with Crippen LogP contribution in [0.3, 0.4) is 0 Å². The predicted molar refractivity (Wildman–Crippen MR) is 117 cm³/mol. The summed E-state index contributed by atoms with van der Waals surface area (Å²) in [7, 11) is 0. The number of fused-ring (bicyclic) bond motifs is 1. The first-order valence-electron chi connectivity index (χ1n) is 10.1. The maximum atomic E-state index is 10.8. The molecule has 0 bridgehead atoms. The van der Waals surface area contributed by atoms with Crippen LogP contribution in [0.15, 0.2) is 60.8 Å². The van der Waals surface area contributed by atoms with E-state index in [9.17, 15) is 4.79 Å². The summed E-state index contributed by atoms with van der Waals surface area (Å²) in [5.41, 5.74) is 4.21. The van der Waals surface area contributed by atoms with Crippen LogP contribution in [-0.2, 0) is 6.61 Å². The SMILES string of the molecule is C1CC1.Cc1ccc(COc2ccc(-c3cccc4nc(NC(=O)O)nn34)cc2)cn1. The van der Waals surface area contributed by atoms with Crippen molar-refractivity contribution < 1.29 is 14.6 Å². The molecule has 4 aromatic rings. The lowest BCUT2D eigenvalue weighted by Crippen LogP contribution is -2.08. The predicted octanol–water partition coefficient (Wildman–Crippen LogP) is 4.94. The number of amides is 1. The van der Waals surface area contributed by atoms with E-state index in [4.69, 9.17) is 9.84 Å². The number of rotatable bonds is 5. The van der Waals surface area contributed by atoms with Crippen LogP contribution in [0, 0.1) is 6.92 Å². The molecule has 0 unspecified atom stereocenters. The number of hydrogen-bond acceptors (Lipinski definition) is 5. The molecule has 1 saturated carbocycles. The average Bonchev–Trinajstić information content (AvgIpc) is 3.59. The van der Waals surface area contributed by atoms with E-state index in [-0.39, 0.29) is 5.95 Å². The van der Waals surface area contributed by atoms with Gasteiger partial charge in [0.05, 0.1) is 5.69 Å². The number of nitrogens with one attached hydrogen (secondary N) is 1. The van der Waals surface area contributed by atoms with E-state index in [1.165, 1.54) is 19.3 Å². The van der Waals surface area contributed by atoms with Crippen molar-refractivity contribution in [1.82, 2.24) is 19.6 Å². The summed E-state index contributed by atoms with van der Waals surface area (Å²) in [6.45, 7) is 2.38. The number of pyridine rings is 2. The van der Waals surface area contributed by atoms with Gasteiger partial charge in [-0.25, -0.2) is 9.31 Å². The molecule has 0 spiro atoms. The number of anilines is 1. The van der Waals surface area contributed by atoms with Gasteiger partial charge < -0.3 is 9.84 Å². The third kappa shape index (κ3) is 5.57. The average molecular weight is 417 g/mol. The molecule has 1 aliphatic carbocycles. The Labute approximate surface area is 179 Å². The van der Waals surface area contributed by atoms with Crippen molar-refractivity contribution in [3.05, 3.63) is 72.1 Å². The lowest BCUT2D eigenvalue weighted by Gasteiger charge is -2.08. The molecular formula is C23H23N5O3. The van der Waals surface area contributed by atoms with Crippen LogP contribution in [0.25, 0.3) is 16.9 Å². The first kappa shape index (κ1) is 20.3. The normalized spacial score (nSPS) is 12.0. The van der Waals surface area contributed by atoms with Crippen molar-refractivity contribution in [3.63, 3.8) is 0 Å². The lowest BCUT2D eigenvalue weighted by atomic mass is 10.1. The number of ether oxygens (including phenoxy) is 1. The van der Waals surface area contributed by atoms with E-state index in [2.05, 4.69) is 20.4 Å². The Morgan fingerprint density at radius 3 is 2.52 bits per heavy atom. The van der Waals surface area contributed by atoms with Crippen molar-refractivity contribution in [3.8, 4) is 17.0 Å². The Hall–Kier alpha value is -3.94. The molecule has 0 radical (unpaired) electrons. The largest absolute Gasteiger partial charge is 0.489 e. The smallest absolute Gasteiger partial charge is 0.411 e. The summed E-state index contributed by atoms with van der Waals surface area (Å²) < 4.78 is 7.40. The van der Waals surface area contributed by atoms with Gasteiger partial charge in [0.2, 0.25) is 0 Å². The Morgan fingerprint density at radius 2 is 1.87 bits per heavy atom. The minimum atomic E-state index is -1.21. The fourth-order valence-electron chi connectivity index (χ4n) is 2.74. The molecule has 3 heterocycles. The molecule has 5 rings (SSSR count). The van der Waals surface area contributed by atoms with Crippen LogP contribution < -0.4 is 10.1 Å². The minimum Gasteiger partial charge on any atom is -0.489 e. The molecule has 2 N–H and O–H groups in total. The third-order valence-electron chi connectivity index (χ3n) is 4.46. The summed E-state index contributed by atoms with van der Waals surface area (Å²) in [6.07, 6.45) is 5.10. The molecule has 3 aromatic heterocycles. The van der Waals surface area contributed by atoms with Crippen LogP contribution in [0.2, 0.25) is 0 Å². The zero-order valence-corrected chi connectivity index (χ0v) is 17.2. The molecule has 0 aliphatic heterocycles. The molecule has 158 valence electrons. The van der Waals surface area contributed by atoms with Crippen molar-refractivity contribution in [2.24, 2.45) is 0 Å². The number of benzene rings is 1. The van der Waals surface area contributed by atoms with Crippen LogP contribution in [0.1, 0.15) is 30.5 Å². The van der Waals surface area contributed by atoms with Gasteiger partial charge in [0, 0.05) is 23.0 Å². The Bertz CT molecular complexity index is 1170. The van der Waals surface area contributed by atoms with Gasteiger partial charge in [-0.05, 0) is 49.4 Å². The van der Waals surface area contributed by atoms with Crippen LogP contribution in [-0.4, -0.2) is 30.8 Å². The highest BCUT2D eigenvalue weighted by molar-refractivity contribution is 5.80. The lowest BCUT2D eigenvalue weighted by molar-refractivity contribution is 0.209. The van der Waals surface area contributed by atoms with E-state index in [1.54, 1.807) is 16.8 Å². The second kappa shape index (κ2) is 9.25. The number of carbonyl (C=O) groups is 1. The van der Waals surface area contributed by atoms with Crippen molar-refractivity contribution >= 4 is 17.7 Å². The number of nitrogens with zero attached hydrogens (tertiary/aromatic N) is 4. The van der Waals surface area contributed by atoms with E-state index >= 15 is 0 Å². The van der Waals surface area contributed by atoms with Crippen LogP contribution >= 0.6 is 0 Å². The highest BCUT2D eigenvalue weighted by atomic mass is 16.5. The number of aryl methyl sites for hydroxylation is 1. The third-order valence-corrected chi connectivity index (χ3v) is 4.46. The molecule has 1 fully saturated rings. The fraction of sp³-hybridized carbons (Fsp3) is 0.217. The maximum absolute atomic E-state index is 10.8. The van der Waals surface area contributed by atoms with Gasteiger partial charge in [-0.3, -0.25) is 10.3 Å². The zero-order valence-electron chi connectivity index (χ0n) is 17.2. The fourth-order valence-corrected chi connectivity index (χ4v) is 2.74. The molecule has 8 heteroatoms. The van der Waals surface area contributed by atoms with Gasteiger partial charge in [0.15, 0.2) is 5.65 Å². The molecule has 8 nitrogen and oxygen atoms in total. The van der Waals surface area contributed by atoms with Crippen LogP contribution in [0.5, 0.6) is 5.75 Å². The van der Waals surface area contributed by atoms with Crippen molar-refractivity contribution in [1.29, 1.82) is 0 Å². The van der Waals surface area contributed by atoms with Crippen molar-refractivity contribution in [2.45, 2.75) is 32.8 Å². The monoisotopic (exact) mass is 417 g/mol. The second-order valence-electron chi connectivity index (χ2n) is 7.23. The standard InChI is InChI=1S/C20H17N5O3.C3H6/c1-13-5-6-14(11-21-13)12-28-16-9-7-15(8-10-16)17-3-2-4-18-22-19(23-20(26)27)24-25(17)18;1-2-3-1/h2-11H,12H2,1H3,(H,23,24)(H,26,27);1-3H2.